The number of amides is 1. The summed E-state index contributed by atoms with van der Waals surface area (Å²) in [5.74, 6) is -0.360. The largest absolute Gasteiger partial charge is 0.330 e. The normalized spacial score (nSPS) is 11.8. The first-order chi connectivity index (χ1) is 12.5. The third-order valence-corrected chi connectivity index (χ3v) is 5.54. The summed E-state index contributed by atoms with van der Waals surface area (Å²) in [6.45, 7) is 3.51. The molecule has 1 amide bonds. The van der Waals surface area contributed by atoms with Crippen molar-refractivity contribution in [1.82, 2.24) is 10.2 Å². The van der Waals surface area contributed by atoms with Gasteiger partial charge >= 0.3 is 0 Å². The molecule has 0 saturated heterocycles. The first kappa shape index (κ1) is 18.3. The Kier molecular flexibility index (Phi) is 5.85. The van der Waals surface area contributed by atoms with Crippen molar-refractivity contribution in [3.05, 3.63) is 59.9 Å². The second-order valence-electron chi connectivity index (χ2n) is 5.57. The Labute approximate surface area is 159 Å². The van der Waals surface area contributed by atoms with E-state index in [0.29, 0.717) is 10.8 Å². The van der Waals surface area contributed by atoms with E-state index in [0.717, 1.165) is 15.6 Å². The molecule has 5 nitrogen and oxygen atoms in total. The SMILES string of the molecule is CC(=O)Nc1cccc(Nc2nnc(SC(C)c3ccc(F)cc3)s2)c1. The molecule has 0 spiro atoms. The van der Waals surface area contributed by atoms with Crippen LogP contribution in [0.2, 0.25) is 0 Å². The van der Waals surface area contributed by atoms with Crippen molar-refractivity contribution in [3.8, 4) is 0 Å². The fourth-order valence-corrected chi connectivity index (χ4v) is 4.31. The van der Waals surface area contributed by atoms with E-state index >= 15 is 0 Å². The van der Waals surface area contributed by atoms with Crippen molar-refractivity contribution < 1.29 is 9.18 Å². The number of nitrogens with zero attached hydrogens (tertiary/aromatic N) is 2. The Bertz CT molecular complexity index is 898. The summed E-state index contributed by atoms with van der Waals surface area (Å²) in [6, 6.07) is 13.9. The van der Waals surface area contributed by atoms with Crippen molar-refractivity contribution in [2.24, 2.45) is 0 Å². The van der Waals surface area contributed by atoms with Gasteiger partial charge in [0.2, 0.25) is 11.0 Å². The van der Waals surface area contributed by atoms with Crippen LogP contribution in [0.25, 0.3) is 0 Å². The summed E-state index contributed by atoms with van der Waals surface area (Å²) >= 11 is 3.01. The zero-order valence-corrected chi connectivity index (χ0v) is 15.8. The molecule has 3 aromatic rings. The van der Waals surface area contributed by atoms with Gasteiger partial charge in [-0.25, -0.2) is 4.39 Å². The number of hydrogen-bond acceptors (Lipinski definition) is 6. The molecular weight excluding hydrogens is 371 g/mol. The molecule has 0 aliphatic carbocycles. The monoisotopic (exact) mass is 388 g/mol. The van der Waals surface area contributed by atoms with Crippen LogP contribution in [0, 0.1) is 5.82 Å². The van der Waals surface area contributed by atoms with Crippen LogP contribution in [-0.4, -0.2) is 16.1 Å². The summed E-state index contributed by atoms with van der Waals surface area (Å²) in [6.07, 6.45) is 0. The molecule has 26 heavy (non-hydrogen) atoms. The predicted octanol–water partition coefficient (Wildman–Crippen LogP) is 5.23. The van der Waals surface area contributed by atoms with Crippen molar-refractivity contribution in [1.29, 1.82) is 0 Å². The van der Waals surface area contributed by atoms with Crippen LogP contribution < -0.4 is 10.6 Å². The number of aromatic nitrogens is 2. The first-order valence-electron chi connectivity index (χ1n) is 7.90. The molecule has 8 heteroatoms. The van der Waals surface area contributed by atoms with Gasteiger partial charge < -0.3 is 10.6 Å². The molecule has 1 aromatic heterocycles. The van der Waals surface area contributed by atoms with Crippen LogP contribution in [0.15, 0.2) is 52.9 Å². The Balaban J connectivity index is 1.64. The van der Waals surface area contributed by atoms with Crippen molar-refractivity contribution >= 4 is 45.5 Å². The predicted molar refractivity (Wildman–Crippen MR) is 105 cm³/mol. The number of nitrogens with one attached hydrogen (secondary N) is 2. The summed E-state index contributed by atoms with van der Waals surface area (Å²) in [4.78, 5) is 11.1. The van der Waals surface area contributed by atoms with E-state index in [-0.39, 0.29) is 17.0 Å². The van der Waals surface area contributed by atoms with E-state index in [1.54, 1.807) is 23.9 Å². The summed E-state index contributed by atoms with van der Waals surface area (Å²) in [5.41, 5.74) is 2.56. The Hall–Kier alpha value is -2.45. The van der Waals surface area contributed by atoms with Crippen LogP contribution in [0.5, 0.6) is 0 Å². The van der Waals surface area contributed by atoms with E-state index in [2.05, 4.69) is 20.8 Å². The molecule has 0 saturated carbocycles. The number of thioether (sulfide) groups is 1. The number of hydrogen-bond donors (Lipinski definition) is 2. The zero-order valence-electron chi connectivity index (χ0n) is 14.2. The van der Waals surface area contributed by atoms with Gasteiger partial charge in [-0.15, -0.1) is 10.2 Å². The minimum Gasteiger partial charge on any atom is -0.330 e. The van der Waals surface area contributed by atoms with Crippen LogP contribution in [0.1, 0.15) is 24.7 Å². The molecule has 134 valence electrons. The summed E-state index contributed by atoms with van der Waals surface area (Å²) in [7, 11) is 0. The van der Waals surface area contributed by atoms with Gasteiger partial charge in [-0.05, 0) is 42.8 Å². The van der Waals surface area contributed by atoms with E-state index in [9.17, 15) is 9.18 Å². The molecule has 0 radical (unpaired) electrons. The average Bonchev–Trinajstić information content (AvgIpc) is 3.02. The summed E-state index contributed by atoms with van der Waals surface area (Å²) < 4.78 is 13.8. The second kappa shape index (κ2) is 8.29. The third kappa shape index (κ3) is 5.03. The zero-order chi connectivity index (χ0) is 18.5. The van der Waals surface area contributed by atoms with E-state index in [4.69, 9.17) is 0 Å². The molecule has 2 aromatic carbocycles. The van der Waals surface area contributed by atoms with Gasteiger partial charge in [0.15, 0.2) is 4.34 Å². The molecule has 0 aliphatic rings. The minimum absolute atomic E-state index is 0.119. The molecule has 1 unspecified atom stereocenters. The molecule has 1 heterocycles. The lowest BCUT2D eigenvalue weighted by molar-refractivity contribution is -0.114. The lowest BCUT2D eigenvalue weighted by atomic mass is 10.2. The third-order valence-electron chi connectivity index (χ3n) is 3.46. The van der Waals surface area contributed by atoms with Crippen LogP contribution in [-0.2, 0) is 4.79 Å². The number of halogens is 1. The van der Waals surface area contributed by atoms with E-state index < -0.39 is 0 Å². The number of rotatable bonds is 6. The minimum atomic E-state index is -0.241. The fourth-order valence-electron chi connectivity index (χ4n) is 2.26. The highest BCUT2D eigenvalue weighted by Gasteiger charge is 2.12. The van der Waals surface area contributed by atoms with Crippen LogP contribution >= 0.6 is 23.1 Å². The number of benzene rings is 2. The van der Waals surface area contributed by atoms with Gasteiger partial charge in [0, 0.05) is 23.5 Å². The highest BCUT2D eigenvalue weighted by atomic mass is 32.2. The molecule has 1 atom stereocenters. The summed E-state index contributed by atoms with van der Waals surface area (Å²) in [5, 5.41) is 15.1. The second-order valence-corrected chi connectivity index (χ2v) is 8.14. The lowest BCUT2D eigenvalue weighted by Crippen LogP contribution is -2.05. The molecule has 0 aliphatic heterocycles. The van der Waals surface area contributed by atoms with Gasteiger partial charge in [0.1, 0.15) is 5.82 Å². The molecule has 2 N–H and O–H groups in total. The van der Waals surface area contributed by atoms with Crippen molar-refractivity contribution in [2.75, 3.05) is 10.6 Å². The topological polar surface area (TPSA) is 66.9 Å². The Morgan fingerprint density at radius 1 is 1.15 bits per heavy atom. The maximum absolute atomic E-state index is 13.0. The van der Waals surface area contributed by atoms with Crippen LogP contribution in [0.3, 0.4) is 0 Å². The quantitative estimate of drug-likeness (QED) is 0.566. The number of carbonyl (C=O) groups is 1. The standard InChI is InChI=1S/C18H17FN4OS2/c1-11(13-6-8-14(19)9-7-13)25-18-23-22-17(26-18)21-16-5-3-4-15(10-16)20-12(2)24/h3-11H,1-2H3,(H,20,24)(H,21,22). The fraction of sp³-hybridized carbons (Fsp3) is 0.167. The lowest BCUT2D eigenvalue weighted by Gasteiger charge is -2.08. The van der Waals surface area contributed by atoms with Gasteiger partial charge in [-0.3, -0.25) is 4.79 Å². The van der Waals surface area contributed by atoms with E-state index in [1.807, 2.05) is 31.2 Å². The number of anilines is 3. The first-order valence-corrected chi connectivity index (χ1v) is 9.59. The average molecular weight is 388 g/mol. The van der Waals surface area contributed by atoms with Crippen molar-refractivity contribution in [2.45, 2.75) is 23.4 Å². The van der Waals surface area contributed by atoms with Gasteiger partial charge in [0.25, 0.3) is 0 Å². The Morgan fingerprint density at radius 2 is 1.88 bits per heavy atom. The van der Waals surface area contributed by atoms with Gasteiger partial charge in [-0.2, -0.15) is 0 Å². The molecular formula is C18H17FN4OS2. The Morgan fingerprint density at radius 3 is 2.62 bits per heavy atom. The smallest absolute Gasteiger partial charge is 0.221 e. The molecule has 0 fully saturated rings. The molecule has 3 rings (SSSR count). The van der Waals surface area contributed by atoms with Gasteiger partial charge in [-0.1, -0.05) is 41.3 Å². The van der Waals surface area contributed by atoms with Gasteiger partial charge in [0.05, 0.1) is 0 Å². The maximum atomic E-state index is 13.0. The molecule has 0 bridgehead atoms. The van der Waals surface area contributed by atoms with E-state index in [1.165, 1.54) is 30.4 Å². The number of carbonyl (C=O) groups excluding carboxylic acids is 1. The highest BCUT2D eigenvalue weighted by molar-refractivity contribution is 8.01. The van der Waals surface area contributed by atoms with Crippen LogP contribution in [0.4, 0.5) is 20.9 Å². The van der Waals surface area contributed by atoms with Crippen molar-refractivity contribution in [3.63, 3.8) is 0 Å². The highest BCUT2D eigenvalue weighted by Crippen LogP contribution is 2.37. The maximum Gasteiger partial charge on any atom is 0.221 e.